The minimum absolute atomic E-state index is 0.0186. The number of aromatic nitrogens is 1. The Hall–Kier alpha value is -3.60. The maximum absolute atomic E-state index is 15.8. The van der Waals surface area contributed by atoms with Gasteiger partial charge in [0.1, 0.15) is 34.5 Å². The number of nitrogens with zero attached hydrogens (tertiary/aromatic N) is 1. The summed E-state index contributed by atoms with van der Waals surface area (Å²) in [5, 5.41) is 14.2. The molecule has 1 aromatic heterocycles. The maximum Gasteiger partial charge on any atom is 0.335 e. The zero-order valence-electron chi connectivity index (χ0n) is 19.9. The number of benzene rings is 3. The van der Waals surface area contributed by atoms with Crippen LogP contribution in [0.2, 0.25) is 10.0 Å². The average molecular weight is 590 g/mol. The molecule has 4 aromatic rings. The largest absolute Gasteiger partial charge is 0.486 e. The molecule has 0 amide bonds. The smallest absolute Gasteiger partial charge is 0.335 e. The number of rotatable bonds is 6. The molecule has 0 atom stereocenters. The Labute approximate surface area is 231 Å². The molecule has 0 saturated heterocycles. The van der Waals surface area contributed by atoms with Crippen molar-refractivity contribution in [2.45, 2.75) is 36.0 Å². The lowest BCUT2D eigenvalue weighted by Gasteiger charge is -2.13. The van der Waals surface area contributed by atoms with Gasteiger partial charge in [-0.3, -0.25) is 0 Å². The number of carbonyl (C=O) groups is 1. The highest BCUT2D eigenvalue weighted by Crippen LogP contribution is 2.47. The number of hydrogen-bond acceptors (Lipinski definition) is 7. The van der Waals surface area contributed by atoms with E-state index in [1.165, 1.54) is 30.3 Å². The highest BCUT2D eigenvalue weighted by molar-refractivity contribution is 7.90. The van der Waals surface area contributed by atoms with Crippen LogP contribution in [0, 0.1) is 5.82 Å². The van der Waals surface area contributed by atoms with Crippen molar-refractivity contribution in [3.8, 4) is 28.5 Å². The van der Waals surface area contributed by atoms with E-state index in [0.29, 0.717) is 32.6 Å². The van der Waals surface area contributed by atoms with Crippen molar-refractivity contribution >= 4 is 39.0 Å². The zero-order valence-corrected chi connectivity index (χ0v) is 22.2. The van der Waals surface area contributed by atoms with Gasteiger partial charge in [-0.25, -0.2) is 17.6 Å². The fourth-order valence-corrected chi connectivity index (χ4v) is 6.66. The molecule has 0 unspecified atom stereocenters. The Morgan fingerprint density at radius 1 is 1.10 bits per heavy atom. The molecule has 2 aliphatic rings. The summed E-state index contributed by atoms with van der Waals surface area (Å²) >= 11 is 12.8. The van der Waals surface area contributed by atoms with Gasteiger partial charge in [0.2, 0.25) is 0 Å². The van der Waals surface area contributed by atoms with Crippen molar-refractivity contribution in [1.82, 2.24) is 5.16 Å². The lowest BCUT2D eigenvalue weighted by Crippen LogP contribution is -2.08. The molecule has 8 nitrogen and oxygen atoms in total. The molecule has 6 rings (SSSR count). The van der Waals surface area contributed by atoms with Crippen LogP contribution in [-0.2, 0) is 22.2 Å². The molecule has 12 heteroatoms. The first-order valence-corrected chi connectivity index (χ1v) is 14.2. The van der Waals surface area contributed by atoms with Gasteiger partial charge in [-0.15, -0.1) is 0 Å². The number of fused-ring (bicyclic) bond motifs is 2. The molecule has 0 spiro atoms. The molecular weight excluding hydrogens is 572 g/mol. The van der Waals surface area contributed by atoms with Crippen molar-refractivity contribution in [2.24, 2.45) is 0 Å². The molecule has 1 fully saturated rings. The Morgan fingerprint density at radius 2 is 1.85 bits per heavy atom. The van der Waals surface area contributed by atoms with E-state index in [2.05, 4.69) is 5.16 Å². The van der Waals surface area contributed by atoms with Gasteiger partial charge in [0.25, 0.3) is 0 Å². The summed E-state index contributed by atoms with van der Waals surface area (Å²) in [4.78, 5) is 10.7. The monoisotopic (exact) mass is 589 g/mol. The molecule has 0 radical (unpaired) electrons. The molecule has 1 saturated carbocycles. The molecule has 0 bridgehead atoms. The van der Waals surface area contributed by atoms with Crippen molar-refractivity contribution in [3.05, 3.63) is 86.8 Å². The second kappa shape index (κ2) is 9.55. The van der Waals surface area contributed by atoms with Crippen LogP contribution >= 0.6 is 23.2 Å². The van der Waals surface area contributed by atoms with Crippen LogP contribution in [0.4, 0.5) is 4.39 Å². The maximum atomic E-state index is 15.8. The first-order chi connectivity index (χ1) is 18.6. The summed E-state index contributed by atoms with van der Waals surface area (Å²) < 4.78 is 59.3. The first kappa shape index (κ1) is 25.7. The molecule has 1 aliphatic carbocycles. The third-order valence-electron chi connectivity index (χ3n) is 6.55. The van der Waals surface area contributed by atoms with Crippen molar-refractivity contribution in [1.29, 1.82) is 0 Å². The zero-order chi connectivity index (χ0) is 27.5. The van der Waals surface area contributed by atoms with Gasteiger partial charge in [-0.2, -0.15) is 0 Å². The quantitative estimate of drug-likeness (QED) is 0.255. The number of hydrogen-bond donors (Lipinski definition) is 1. The third kappa shape index (κ3) is 4.62. The van der Waals surface area contributed by atoms with Crippen molar-refractivity contribution in [2.75, 3.05) is 0 Å². The normalized spacial score (nSPS) is 15.6. The van der Waals surface area contributed by atoms with E-state index < -0.39 is 32.3 Å². The Morgan fingerprint density at radius 3 is 2.54 bits per heavy atom. The number of sulfone groups is 1. The number of aromatic carboxylic acids is 1. The van der Waals surface area contributed by atoms with Crippen molar-refractivity contribution in [3.63, 3.8) is 0 Å². The van der Waals surface area contributed by atoms with E-state index in [9.17, 15) is 18.3 Å². The Balaban J connectivity index is 1.37. The van der Waals surface area contributed by atoms with Crippen LogP contribution in [0.3, 0.4) is 0 Å². The Kier molecular flexibility index (Phi) is 6.28. The van der Waals surface area contributed by atoms with Gasteiger partial charge < -0.3 is 19.1 Å². The van der Waals surface area contributed by atoms with E-state index in [1.807, 2.05) is 0 Å². The predicted molar refractivity (Wildman–Crippen MR) is 139 cm³/mol. The van der Waals surface area contributed by atoms with Crippen LogP contribution in [0.1, 0.15) is 46.0 Å². The molecule has 200 valence electrons. The predicted octanol–water partition coefficient (Wildman–Crippen LogP) is 7.02. The van der Waals surface area contributed by atoms with Gasteiger partial charge in [0.15, 0.2) is 21.4 Å². The number of carboxylic acids is 1. The summed E-state index contributed by atoms with van der Waals surface area (Å²) in [5.74, 6) is -2.78. The van der Waals surface area contributed by atoms with Gasteiger partial charge in [0, 0.05) is 17.0 Å². The highest BCUT2D eigenvalue weighted by Gasteiger charge is 2.35. The average Bonchev–Trinajstić information content (AvgIpc) is 3.65. The fraction of sp³-hybridized carbons (Fsp3) is 0.185. The number of halogens is 3. The van der Waals surface area contributed by atoms with E-state index in [4.69, 9.17) is 37.2 Å². The van der Waals surface area contributed by atoms with Gasteiger partial charge >= 0.3 is 5.97 Å². The molecule has 39 heavy (non-hydrogen) atoms. The van der Waals surface area contributed by atoms with Gasteiger partial charge in [0.05, 0.1) is 26.9 Å². The molecular formula is C27H18Cl2FNO7S. The van der Waals surface area contributed by atoms with Crippen molar-refractivity contribution < 1.29 is 36.7 Å². The van der Waals surface area contributed by atoms with Gasteiger partial charge in [-0.1, -0.05) is 40.5 Å². The number of carboxylic acid groups (broad SMARTS) is 1. The third-order valence-corrected chi connectivity index (χ3v) is 8.88. The van der Waals surface area contributed by atoms with E-state index in [1.54, 1.807) is 18.2 Å². The van der Waals surface area contributed by atoms with Crippen LogP contribution < -0.4 is 9.47 Å². The van der Waals surface area contributed by atoms with E-state index >= 15 is 4.39 Å². The Bertz CT molecular complexity index is 1750. The molecule has 1 aliphatic heterocycles. The highest BCUT2D eigenvalue weighted by atomic mass is 35.5. The van der Waals surface area contributed by atoms with E-state index in [0.717, 1.165) is 12.8 Å². The summed E-state index contributed by atoms with van der Waals surface area (Å²) in [6.45, 7) is -0.189. The van der Waals surface area contributed by atoms with E-state index in [-0.39, 0.29) is 40.9 Å². The fourth-order valence-electron chi connectivity index (χ4n) is 4.50. The molecule has 3 aromatic carbocycles. The summed E-state index contributed by atoms with van der Waals surface area (Å²) in [6.07, 6.45) is 1.79. The van der Waals surface area contributed by atoms with Crippen LogP contribution in [0.15, 0.2) is 57.9 Å². The summed E-state index contributed by atoms with van der Waals surface area (Å²) in [6, 6.07) is 11.3. The molecule has 2 heterocycles. The lowest BCUT2D eigenvalue weighted by molar-refractivity contribution is 0.0696. The summed E-state index contributed by atoms with van der Waals surface area (Å²) in [5.41, 5.74) is 1.47. The first-order valence-electron chi connectivity index (χ1n) is 11.8. The summed E-state index contributed by atoms with van der Waals surface area (Å²) in [7, 11) is -4.22. The standard InChI is InChI=1S/C27H18Cl2FNO7S/c28-17-2-1-3-18(29)22(17)24-16(25(38-31-24)13-4-5-13)11-36-19-8-9-20-26(23(19)30)39(34,35)12-15-7-6-14(27(32)33)10-21(15)37-20/h1-3,6-10,13H,4-5,11-12H2,(H,32,33). The number of ether oxygens (including phenoxy) is 2. The van der Waals surface area contributed by atoms with Crippen LogP contribution in [-0.4, -0.2) is 24.7 Å². The van der Waals surface area contributed by atoms with Crippen LogP contribution in [0.25, 0.3) is 11.3 Å². The van der Waals surface area contributed by atoms with Gasteiger partial charge in [-0.05, 0) is 49.2 Å². The second-order valence-electron chi connectivity index (χ2n) is 9.23. The lowest BCUT2D eigenvalue weighted by atomic mass is 10.0. The van der Waals surface area contributed by atoms with Crippen LogP contribution in [0.5, 0.6) is 17.2 Å². The minimum Gasteiger partial charge on any atom is -0.486 e. The second-order valence-corrected chi connectivity index (χ2v) is 12.0. The molecule has 1 N–H and O–H groups in total. The minimum atomic E-state index is -4.22. The topological polar surface area (TPSA) is 116 Å². The SMILES string of the molecule is O=C(O)c1ccc2c(c1)Oc1ccc(OCc3c(-c4c(Cl)cccc4Cl)noc3C3CC3)c(F)c1S(=O)(=O)C2.